The Morgan fingerprint density at radius 1 is 0.867 bits per heavy atom. The summed E-state index contributed by atoms with van der Waals surface area (Å²) in [6, 6.07) is 0.220. The van der Waals surface area contributed by atoms with Crippen molar-refractivity contribution >= 4 is 33.4 Å². The summed E-state index contributed by atoms with van der Waals surface area (Å²) in [4.78, 5) is 34.1. The van der Waals surface area contributed by atoms with Crippen molar-refractivity contribution in [3.05, 3.63) is 16.3 Å². The minimum atomic E-state index is 0.220. The Morgan fingerprint density at radius 3 is 2.20 bits per heavy atom. The number of amides is 2. The number of urea groups is 1. The van der Waals surface area contributed by atoms with Crippen LogP contribution >= 0.6 is 11.3 Å². The first-order chi connectivity index (χ1) is 14.6. The van der Waals surface area contributed by atoms with Crippen molar-refractivity contribution in [2.24, 2.45) is 0 Å². The van der Waals surface area contributed by atoms with Gasteiger partial charge in [-0.25, -0.2) is 14.8 Å². The maximum Gasteiger partial charge on any atom is 0.320 e. The van der Waals surface area contributed by atoms with Crippen LogP contribution in [0.5, 0.6) is 0 Å². The van der Waals surface area contributed by atoms with Crippen molar-refractivity contribution in [3.8, 4) is 0 Å². The SMILES string of the molecule is Cc1sc2nc(CN3CCCC3)nc(N3CCN(C(=O)N4CCCC4)CC3)c2c1C. The normalized spacial score (nSPS) is 20.7. The Hall–Kier alpha value is -1.93. The predicted octanol–water partition coefficient (Wildman–Crippen LogP) is 3.24. The number of piperazine rings is 1. The number of aryl methyl sites for hydroxylation is 2. The number of nitrogens with zero attached hydrogens (tertiary/aromatic N) is 6. The van der Waals surface area contributed by atoms with E-state index in [9.17, 15) is 4.79 Å². The van der Waals surface area contributed by atoms with Gasteiger partial charge in [0, 0.05) is 44.1 Å². The van der Waals surface area contributed by atoms with Crippen molar-refractivity contribution in [3.63, 3.8) is 0 Å². The molecule has 0 atom stereocenters. The van der Waals surface area contributed by atoms with Gasteiger partial charge in [0.15, 0.2) is 0 Å². The van der Waals surface area contributed by atoms with Crippen LogP contribution in [0, 0.1) is 13.8 Å². The Bertz CT molecular complexity index is 923. The molecule has 3 saturated heterocycles. The van der Waals surface area contributed by atoms with Crippen molar-refractivity contribution in [2.45, 2.75) is 46.1 Å². The smallest absolute Gasteiger partial charge is 0.320 e. The molecule has 0 radical (unpaired) electrons. The second-order valence-electron chi connectivity index (χ2n) is 8.86. The van der Waals surface area contributed by atoms with Gasteiger partial charge in [-0.2, -0.15) is 0 Å². The van der Waals surface area contributed by atoms with Gasteiger partial charge in [0.25, 0.3) is 0 Å². The van der Waals surface area contributed by atoms with Crippen LogP contribution in [-0.4, -0.2) is 83.1 Å². The fourth-order valence-corrected chi connectivity index (χ4v) is 5.97. The molecule has 0 aliphatic carbocycles. The second-order valence-corrected chi connectivity index (χ2v) is 10.1. The largest absolute Gasteiger partial charge is 0.352 e. The molecule has 5 rings (SSSR count). The highest BCUT2D eigenvalue weighted by atomic mass is 32.1. The van der Waals surface area contributed by atoms with Gasteiger partial charge in [-0.1, -0.05) is 0 Å². The summed E-state index contributed by atoms with van der Waals surface area (Å²) in [5.41, 5.74) is 1.30. The minimum absolute atomic E-state index is 0.220. The third kappa shape index (κ3) is 3.75. The molecule has 0 saturated carbocycles. The van der Waals surface area contributed by atoms with Crippen LogP contribution in [0.3, 0.4) is 0 Å². The number of carbonyl (C=O) groups excluding carboxylic acids is 1. The molecule has 0 spiro atoms. The van der Waals surface area contributed by atoms with E-state index in [1.165, 1.54) is 28.7 Å². The second kappa shape index (κ2) is 8.30. The molecule has 8 heteroatoms. The molecule has 0 N–H and O–H groups in total. The summed E-state index contributed by atoms with van der Waals surface area (Å²) in [6.07, 6.45) is 4.83. The first-order valence-electron chi connectivity index (χ1n) is 11.4. The van der Waals surface area contributed by atoms with Gasteiger partial charge >= 0.3 is 6.03 Å². The Morgan fingerprint density at radius 2 is 1.50 bits per heavy atom. The zero-order valence-corrected chi connectivity index (χ0v) is 19.0. The Balaban J connectivity index is 1.38. The summed E-state index contributed by atoms with van der Waals surface area (Å²) in [5, 5.41) is 1.21. The van der Waals surface area contributed by atoms with E-state index in [1.807, 2.05) is 9.80 Å². The van der Waals surface area contributed by atoms with Crippen molar-refractivity contribution in [1.82, 2.24) is 24.7 Å². The lowest BCUT2D eigenvalue weighted by Crippen LogP contribution is -2.52. The highest BCUT2D eigenvalue weighted by Gasteiger charge is 2.29. The van der Waals surface area contributed by atoms with E-state index >= 15 is 0 Å². The number of likely N-dealkylation sites (tertiary alicyclic amines) is 2. The van der Waals surface area contributed by atoms with Crippen molar-refractivity contribution in [1.29, 1.82) is 0 Å². The molecule has 30 heavy (non-hydrogen) atoms. The number of hydrogen-bond donors (Lipinski definition) is 0. The van der Waals surface area contributed by atoms with Gasteiger partial charge in [0.05, 0.1) is 11.9 Å². The molecule has 3 aliphatic rings. The van der Waals surface area contributed by atoms with Crippen LogP contribution < -0.4 is 4.90 Å². The maximum atomic E-state index is 12.8. The highest BCUT2D eigenvalue weighted by Crippen LogP contribution is 2.35. The fourth-order valence-electron chi connectivity index (χ4n) is 4.93. The summed E-state index contributed by atoms with van der Waals surface area (Å²) in [6.45, 7) is 12.5. The lowest BCUT2D eigenvalue weighted by molar-refractivity contribution is 0.159. The lowest BCUT2D eigenvalue weighted by atomic mass is 10.2. The molecular formula is C22H32N6OS. The monoisotopic (exact) mass is 428 g/mol. The van der Waals surface area contributed by atoms with Crippen molar-refractivity contribution < 1.29 is 4.79 Å². The van der Waals surface area contributed by atoms with E-state index < -0.39 is 0 Å². The average molecular weight is 429 g/mol. The molecule has 0 bridgehead atoms. The van der Waals surface area contributed by atoms with Gasteiger partial charge in [-0.05, 0) is 58.2 Å². The molecule has 162 valence electrons. The molecule has 3 aliphatic heterocycles. The van der Waals surface area contributed by atoms with E-state index in [-0.39, 0.29) is 6.03 Å². The maximum absolute atomic E-state index is 12.8. The number of rotatable bonds is 3. The average Bonchev–Trinajstić information content (AvgIpc) is 3.51. The van der Waals surface area contributed by atoms with Gasteiger partial charge in [0.1, 0.15) is 16.5 Å². The molecular weight excluding hydrogens is 396 g/mol. The molecule has 5 heterocycles. The van der Waals surface area contributed by atoms with Crippen LogP contribution in [0.1, 0.15) is 41.9 Å². The number of carbonyl (C=O) groups is 1. The van der Waals surface area contributed by atoms with Gasteiger partial charge in [-0.15, -0.1) is 11.3 Å². The summed E-state index contributed by atoms with van der Waals surface area (Å²) < 4.78 is 0. The summed E-state index contributed by atoms with van der Waals surface area (Å²) in [5.74, 6) is 2.01. The Kier molecular flexibility index (Phi) is 5.54. The zero-order valence-electron chi connectivity index (χ0n) is 18.2. The first-order valence-corrected chi connectivity index (χ1v) is 12.2. The van der Waals surface area contributed by atoms with Crippen LogP contribution in [0.4, 0.5) is 10.6 Å². The van der Waals surface area contributed by atoms with E-state index in [0.29, 0.717) is 0 Å². The number of aromatic nitrogens is 2. The molecule has 2 amide bonds. The quantitative estimate of drug-likeness (QED) is 0.751. The summed E-state index contributed by atoms with van der Waals surface area (Å²) in [7, 11) is 0. The number of thiophene rings is 1. The number of anilines is 1. The predicted molar refractivity (Wildman–Crippen MR) is 121 cm³/mol. The minimum Gasteiger partial charge on any atom is -0.352 e. The van der Waals surface area contributed by atoms with Gasteiger partial charge in [0.2, 0.25) is 0 Å². The van der Waals surface area contributed by atoms with Crippen molar-refractivity contribution in [2.75, 3.05) is 57.3 Å². The fraction of sp³-hybridized carbons (Fsp3) is 0.682. The van der Waals surface area contributed by atoms with Crippen LogP contribution in [-0.2, 0) is 6.54 Å². The first kappa shape index (κ1) is 20.0. The number of fused-ring (bicyclic) bond motifs is 1. The Labute approximate surface area is 182 Å². The highest BCUT2D eigenvalue weighted by molar-refractivity contribution is 7.18. The zero-order chi connectivity index (χ0) is 20.7. The molecule has 2 aromatic rings. The standard InChI is InChI=1S/C22H32N6OS/c1-16-17(2)30-21-19(16)20(23-18(24-21)15-25-7-3-4-8-25)26-11-13-28(14-12-26)22(29)27-9-5-6-10-27/h3-15H2,1-2H3. The van der Waals surface area contributed by atoms with Crippen LogP contribution in [0.25, 0.3) is 10.2 Å². The third-order valence-electron chi connectivity index (χ3n) is 6.85. The molecule has 0 aromatic carbocycles. The van der Waals surface area contributed by atoms with Crippen LogP contribution in [0.2, 0.25) is 0 Å². The van der Waals surface area contributed by atoms with E-state index in [1.54, 1.807) is 11.3 Å². The third-order valence-corrected chi connectivity index (χ3v) is 7.95. The van der Waals surface area contributed by atoms with E-state index in [2.05, 4.69) is 23.6 Å². The van der Waals surface area contributed by atoms with E-state index in [4.69, 9.17) is 9.97 Å². The van der Waals surface area contributed by atoms with E-state index in [0.717, 1.165) is 88.2 Å². The summed E-state index contributed by atoms with van der Waals surface area (Å²) >= 11 is 1.78. The van der Waals surface area contributed by atoms with Gasteiger partial charge < -0.3 is 14.7 Å². The topological polar surface area (TPSA) is 55.8 Å². The molecule has 2 aromatic heterocycles. The number of hydrogen-bond acceptors (Lipinski definition) is 6. The van der Waals surface area contributed by atoms with Crippen LogP contribution in [0.15, 0.2) is 0 Å². The lowest BCUT2D eigenvalue weighted by Gasteiger charge is -2.37. The van der Waals surface area contributed by atoms with Gasteiger partial charge in [-0.3, -0.25) is 4.90 Å². The molecule has 3 fully saturated rings. The molecule has 7 nitrogen and oxygen atoms in total. The molecule has 0 unspecified atom stereocenters.